The van der Waals surface area contributed by atoms with E-state index in [-0.39, 0.29) is 5.78 Å². The molecule has 2 aromatic carbocycles. The van der Waals surface area contributed by atoms with Crippen molar-refractivity contribution in [1.82, 2.24) is 0 Å². The monoisotopic (exact) mass is 348 g/mol. The molecule has 0 atom stereocenters. The minimum absolute atomic E-state index is 0.0567. The van der Waals surface area contributed by atoms with E-state index in [2.05, 4.69) is 11.8 Å². The lowest BCUT2D eigenvalue weighted by molar-refractivity contribution is 0.104. The molecular formula is C21H16O3S. The standard InChI is InChI=1S/C21H16O3S/c1-23-18-12-9-16(14-19(18)24-2)21(22)20-13-11-17(25-20)10-8-15-6-4-3-5-7-15/h3-7,9,11-14H,1-2H3. The molecule has 0 aliphatic carbocycles. The van der Waals surface area contributed by atoms with Crippen LogP contribution in [0.25, 0.3) is 0 Å². The highest BCUT2D eigenvalue weighted by Gasteiger charge is 2.14. The molecule has 3 aromatic rings. The zero-order valence-electron chi connectivity index (χ0n) is 13.9. The number of rotatable bonds is 4. The van der Waals surface area contributed by atoms with Crippen LogP contribution in [0.1, 0.15) is 25.7 Å². The third-order valence-electron chi connectivity index (χ3n) is 3.58. The first-order valence-electron chi connectivity index (χ1n) is 7.65. The molecule has 0 N–H and O–H groups in total. The summed E-state index contributed by atoms with van der Waals surface area (Å²) in [5, 5.41) is 0. The van der Waals surface area contributed by atoms with Crippen molar-refractivity contribution in [1.29, 1.82) is 0 Å². The van der Waals surface area contributed by atoms with Crippen LogP contribution in [0, 0.1) is 11.8 Å². The van der Waals surface area contributed by atoms with Gasteiger partial charge in [0, 0.05) is 11.1 Å². The highest BCUT2D eigenvalue weighted by atomic mass is 32.1. The lowest BCUT2D eigenvalue weighted by atomic mass is 10.1. The Morgan fingerprint density at radius 2 is 1.64 bits per heavy atom. The number of carbonyl (C=O) groups is 1. The van der Waals surface area contributed by atoms with Crippen molar-refractivity contribution < 1.29 is 14.3 Å². The van der Waals surface area contributed by atoms with E-state index in [0.29, 0.717) is 21.9 Å². The second-order valence-corrected chi connectivity index (χ2v) is 6.26. The lowest BCUT2D eigenvalue weighted by Crippen LogP contribution is -2.00. The fourth-order valence-corrected chi connectivity index (χ4v) is 3.12. The minimum atomic E-state index is -0.0567. The molecule has 0 spiro atoms. The van der Waals surface area contributed by atoms with Crippen LogP contribution in [0.3, 0.4) is 0 Å². The lowest BCUT2D eigenvalue weighted by Gasteiger charge is -2.08. The van der Waals surface area contributed by atoms with Crippen molar-refractivity contribution in [2.45, 2.75) is 0 Å². The van der Waals surface area contributed by atoms with Gasteiger partial charge in [-0.2, -0.15) is 0 Å². The van der Waals surface area contributed by atoms with Gasteiger partial charge in [0.05, 0.1) is 24.0 Å². The van der Waals surface area contributed by atoms with E-state index in [1.165, 1.54) is 11.3 Å². The van der Waals surface area contributed by atoms with Gasteiger partial charge in [-0.1, -0.05) is 30.0 Å². The number of ether oxygens (including phenoxy) is 2. The molecule has 1 heterocycles. The van der Waals surface area contributed by atoms with Crippen LogP contribution in [0.2, 0.25) is 0 Å². The second-order valence-electron chi connectivity index (χ2n) is 5.18. The van der Waals surface area contributed by atoms with Gasteiger partial charge in [-0.3, -0.25) is 4.79 Å². The van der Waals surface area contributed by atoms with E-state index < -0.39 is 0 Å². The zero-order chi connectivity index (χ0) is 17.6. The summed E-state index contributed by atoms with van der Waals surface area (Å²) in [6.07, 6.45) is 0. The summed E-state index contributed by atoms with van der Waals surface area (Å²) in [5.74, 6) is 7.28. The Balaban J connectivity index is 1.83. The first-order valence-corrected chi connectivity index (χ1v) is 8.46. The summed E-state index contributed by atoms with van der Waals surface area (Å²) < 4.78 is 10.5. The van der Waals surface area contributed by atoms with Crippen LogP contribution in [0.15, 0.2) is 60.7 Å². The molecule has 0 amide bonds. The Kier molecular flexibility index (Phi) is 5.17. The number of hydrogen-bond donors (Lipinski definition) is 0. The highest BCUT2D eigenvalue weighted by molar-refractivity contribution is 7.14. The SMILES string of the molecule is COc1ccc(C(=O)c2ccc(C#Cc3ccccc3)s2)cc1OC. The molecule has 25 heavy (non-hydrogen) atoms. The molecule has 4 heteroatoms. The van der Waals surface area contributed by atoms with E-state index in [1.807, 2.05) is 36.4 Å². The summed E-state index contributed by atoms with van der Waals surface area (Å²) in [6, 6.07) is 18.6. The van der Waals surface area contributed by atoms with Crippen LogP contribution >= 0.6 is 11.3 Å². The molecule has 124 valence electrons. The van der Waals surface area contributed by atoms with Gasteiger partial charge >= 0.3 is 0 Å². The average molecular weight is 348 g/mol. The average Bonchev–Trinajstić information content (AvgIpc) is 3.15. The van der Waals surface area contributed by atoms with Crippen molar-refractivity contribution in [2.24, 2.45) is 0 Å². The Morgan fingerprint density at radius 1 is 0.880 bits per heavy atom. The quantitative estimate of drug-likeness (QED) is 0.518. The maximum absolute atomic E-state index is 12.7. The smallest absolute Gasteiger partial charge is 0.203 e. The largest absolute Gasteiger partial charge is 0.493 e. The van der Waals surface area contributed by atoms with Gasteiger partial charge < -0.3 is 9.47 Å². The molecule has 0 saturated carbocycles. The number of methoxy groups -OCH3 is 2. The van der Waals surface area contributed by atoms with Gasteiger partial charge in [0.2, 0.25) is 5.78 Å². The number of thiophene rings is 1. The number of benzene rings is 2. The third kappa shape index (κ3) is 3.90. The Labute approximate surface area is 150 Å². The summed E-state index contributed by atoms with van der Waals surface area (Å²) in [4.78, 5) is 14.2. The minimum Gasteiger partial charge on any atom is -0.493 e. The fraction of sp³-hybridized carbons (Fsp3) is 0.0952. The summed E-state index contributed by atoms with van der Waals surface area (Å²) in [5.41, 5.74) is 1.51. The summed E-state index contributed by atoms with van der Waals surface area (Å²) in [7, 11) is 3.12. The molecule has 0 aliphatic heterocycles. The highest BCUT2D eigenvalue weighted by Crippen LogP contribution is 2.29. The van der Waals surface area contributed by atoms with Crippen LogP contribution in [0.5, 0.6) is 11.5 Å². The van der Waals surface area contributed by atoms with Crippen LogP contribution in [-0.2, 0) is 0 Å². The van der Waals surface area contributed by atoms with Crippen LogP contribution in [-0.4, -0.2) is 20.0 Å². The van der Waals surface area contributed by atoms with Gasteiger partial charge in [0.15, 0.2) is 11.5 Å². The molecular weight excluding hydrogens is 332 g/mol. The molecule has 0 saturated heterocycles. The second kappa shape index (κ2) is 7.69. The van der Waals surface area contributed by atoms with Crippen molar-refractivity contribution in [3.63, 3.8) is 0 Å². The first kappa shape index (κ1) is 16.8. The Hall–Kier alpha value is -3.03. The maximum Gasteiger partial charge on any atom is 0.203 e. The van der Waals surface area contributed by atoms with E-state index in [0.717, 1.165) is 10.4 Å². The molecule has 3 rings (SSSR count). The van der Waals surface area contributed by atoms with E-state index >= 15 is 0 Å². The topological polar surface area (TPSA) is 35.5 Å². The molecule has 0 bridgehead atoms. The van der Waals surface area contributed by atoms with Crippen LogP contribution in [0.4, 0.5) is 0 Å². The number of hydrogen-bond acceptors (Lipinski definition) is 4. The van der Waals surface area contributed by atoms with Gasteiger partial charge in [0.1, 0.15) is 0 Å². The van der Waals surface area contributed by atoms with Gasteiger partial charge in [-0.25, -0.2) is 0 Å². The van der Waals surface area contributed by atoms with E-state index in [4.69, 9.17) is 9.47 Å². The van der Waals surface area contributed by atoms with E-state index in [1.54, 1.807) is 38.5 Å². The van der Waals surface area contributed by atoms with Crippen molar-refractivity contribution >= 4 is 17.1 Å². The summed E-state index contributed by atoms with van der Waals surface area (Å²) in [6.45, 7) is 0. The van der Waals surface area contributed by atoms with Gasteiger partial charge in [-0.05, 0) is 42.5 Å². The molecule has 0 radical (unpaired) electrons. The zero-order valence-corrected chi connectivity index (χ0v) is 14.7. The summed E-state index contributed by atoms with van der Waals surface area (Å²) >= 11 is 1.38. The predicted molar refractivity (Wildman–Crippen MR) is 99.7 cm³/mol. The van der Waals surface area contributed by atoms with Gasteiger partial charge in [0.25, 0.3) is 0 Å². The molecule has 1 aromatic heterocycles. The Bertz CT molecular complexity index is 946. The molecule has 0 aliphatic rings. The van der Waals surface area contributed by atoms with Crippen molar-refractivity contribution in [3.8, 4) is 23.3 Å². The molecule has 3 nitrogen and oxygen atoms in total. The van der Waals surface area contributed by atoms with E-state index in [9.17, 15) is 4.79 Å². The number of carbonyl (C=O) groups excluding carboxylic acids is 1. The van der Waals surface area contributed by atoms with Gasteiger partial charge in [-0.15, -0.1) is 11.3 Å². The Morgan fingerprint density at radius 3 is 2.36 bits per heavy atom. The molecule has 0 unspecified atom stereocenters. The van der Waals surface area contributed by atoms with Crippen molar-refractivity contribution in [2.75, 3.05) is 14.2 Å². The molecule has 0 fully saturated rings. The maximum atomic E-state index is 12.7. The predicted octanol–water partition coefficient (Wildman–Crippen LogP) is 4.40. The number of ketones is 1. The normalized spacial score (nSPS) is 9.84. The first-order chi connectivity index (χ1) is 12.2. The third-order valence-corrected chi connectivity index (χ3v) is 4.58. The van der Waals surface area contributed by atoms with Crippen LogP contribution < -0.4 is 9.47 Å². The fourth-order valence-electron chi connectivity index (χ4n) is 2.30. The van der Waals surface area contributed by atoms with Crippen molar-refractivity contribution in [3.05, 3.63) is 81.5 Å².